The van der Waals surface area contributed by atoms with Crippen LogP contribution in [-0.4, -0.2) is 6.04 Å². The maximum atomic E-state index is 5.84. The molecule has 0 spiro atoms. The standard InChI is InChI=1S/C16H21NO/c1-11(2)13-5-4-6-14(10-13)16-8-7-15(18-16)9-12(3)17/h4-8,10-12H,9,17H2,1-3H3. The van der Waals surface area contributed by atoms with Crippen molar-refractivity contribution in [2.45, 2.75) is 39.2 Å². The highest BCUT2D eigenvalue weighted by atomic mass is 16.3. The van der Waals surface area contributed by atoms with Gasteiger partial charge in [0.25, 0.3) is 0 Å². The lowest BCUT2D eigenvalue weighted by Gasteiger charge is -2.06. The van der Waals surface area contributed by atoms with E-state index in [0.717, 1.165) is 23.5 Å². The molecule has 1 unspecified atom stereocenters. The molecule has 2 nitrogen and oxygen atoms in total. The molecule has 0 radical (unpaired) electrons. The second-order valence-corrected chi connectivity index (χ2v) is 5.23. The van der Waals surface area contributed by atoms with E-state index in [1.807, 2.05) is 19.1 Å². The topological polar surface area (TPSA) is 39.2 Å². The molecule has 1 atom stereocenters. The Bertz CT molecular complexity index is 511. The summed E-state index contributed by atoms with van der Waals surface area (Å²) in [4.78, 5) is 0. The van der Waals surface area contributed by atoms with Gasteiger partial charge in [0.1, 0.15) is 11.5 Å². The minimum absolute atomic E-state index is 0.131. The number of hydrogen-bond acceptors (Lipinski definition) is 2. The Morgan fingerprint density at radius 1 is 1.11 bits per heavy atom. The van der Waals surface area contributed by atoms with Crippen molar-refractivity contribution in [1.82, 2.24) is 0 Å². The van der Waals surface area contributed by atoms with Gasteiger partial charge in [0.05, 0.1) is 0 Å². The van der Waals surface area contributed by atoms with Gasteiger partial charge >= 0.3 is 0 Å². The van der Waals surface area contributed by atoms with Crippen LogP contribution in [0.25, 0.3) is 11.3 Å². The predicted molar refractivity (Wildman–Crippen MR) is 75.6 cm³/mol. The fraction of sp³-hybridized carbons (Fsp3) is 0.375. The van der Waals surface area contributed by atoms with Crippen LogP contribution in [0.5, 0.6) is 0 Å². The van der Waals surface area contributed by atoms with Crippen LogP contribution in [0.2, 0.25) is 0 Å². The quantitative estimate of drug-likeness (QED) is 0.882. The van der Waals surface area contributed by atoms with E-state index >= 15 is 0 Å². The summed E-state index contributed by atoms with van der Waals surface area (Å²) in [5, 5.41) is 0. The highest BCUT2D eigenvalue weighted by Gasteiger charge is 2.08. The first kappa shape index (κ1) is 12.9. The molecule has 1 heterocycles. The zero-order chi connectivity index (χ0) is 13.1. The first-order valence-electron chi connectivity index (χ1n) is 6.51. The molecule has 0 aliphatic heterocycles. The molecule has 2 N–H and O–H groups in total. The summed E-state index contributed by atoms with van der Waals surface area (Å²) in [6.07, 6.45) is 0.782. The SMILES string of the molecule is CC(N)Cc1ccc(-c2cccc(C(C)C)c2)o1. The minimum atomic E-state index is 0.131. The van der Waals surface area contributed by atoms with Crippen molar-refractivity contribution in [2.24, 2.45) is 5.73 Å². The molecule has 0 aliphatic rings. The second-order valence-electron chi connectivity index (χ2n) is 5.23. The van der Waals surface area contributed by atoms with Gasteiger partial charge in [-0.2, -0.15) is 0 Å². The summed E-state index contributed by atoms with van der Waals surface area (Å²) in [5.74, 6) is 2.41. The van der Waals surface area contributed by atoms with Gasteiger partial charge in [-0.15, -0.1) is 0 Å². The third kappa shape index (κ3) is 3.02. The van der Waals surface area contributed by atoms with Crippen molar-refractivity contribution in [3.63, 3.8) is 0 Å². The van der Waals surface area contributed by atoms with Crippen LogP contribution < -0.4 is 5.73 Å². The van der Waals surface area contributed by atoms with Gasteiger partial charge in [0.2, 0.25) is 0 Å². The molecule has 0 bridgehead atoms. The van der Waals surface area contributed by atoms with E-state index in [-0.39, 0.29) is 6.04 Å². The van der Waals surface area contributed by atoms with Gasteiger partial charge in [0.15, 0.2) is 0 Å². The number of rotatable bonds is 4. The largest absolute Gasteiger partial charge is 0.461 e. The molecular formula is C16H21NO. The van der Waals surface area contributed by atoms with Gasteiger partial charge in [-0.05, 0) is 36.6 Å². The van der Waals surface area contributed by atoms with Gasteiger partial charge in [-0.3, -0.25) is 0 Å². The average Bonchev–Trinajstić information content (AvgIpc) is 2.77. The zero-order valence-corrected chi connectivity index (χ0v) is 11.3. The number of nitrogens with two attached hydrogens (primary N) is 1. The third-order valence-electron chi connectivity index (χ3n) is 3.02. The van der Waals surface area contributed by atoms with Crippen molar-refractivity contribution in [3.05, 3.63) is 47.7 Å². The van der Waals surface area contributed by atoms with Gasteiger partial charge in [-0.1, -0.05) is 32.0 Å². The Morgan fingerprint density at radius 2 is 1.89 bits per heavy atom. The highest BCUT2D eigenvalue weighted by Crippen LogP contribution is 2.26. The number of benzene rings is 1. The van der Waals surface area contributed by atoms with Crippen LogP contribution in [0.15, 0.2) is 40.8 Å². The maximum Gasteiger partial charge on any atom is 0.134 e. The Labute approximate surface area is 109 Å². The fourth-order valence-corrected chi connectivity index (χ4v) is 2.01. The monoisotopic (exact) mass is 243 g/mol. The van der Waals surface area contributed by atoms with Gasteiger partial charge in [0, 0.05) is 18.0 Å². The van der Waals surface area contributed by atoms with E-state index in [1.54, 1.807) is 0 Å². The zero-order valence-electron chi connectivity index (χ0n) is 11.3. The molecule has 0 saturated heterocycles. The lowest BCUT2D eigenvalue weighted by Crippen LogP contribution is -2.17. The Balaban J connectivity index is 2.25. The maximum absolute atomic E-state index is 5.84. The molecule has 0 aliphatic carbocycles. The molecule has 18 heavy (non-hydrogen) atoms. The summed E-state index contributed by atoms with van der Waals surface area (Å²) in [5.41, 5.74) is 8.24. The van der Waals surface area contributed by atoms with Crippen LogP contribution in [0.1, 0.15) is 38.0 Å². The van der Waals surface area contributed by atoms with Crippen LogP contribution in [0.3, 0.4) is 0 Å². The van der Waals surface area contributed by atoms with Crippen molar-refractivity contribution in [2.75, 3.05) is 0 Å². The Kier molecular flexibility index (Phi) is 3.87. The summed E-state index contributed by atoms with van der Waals surface area (Å²) >= 11 is 0. The summed E-state index contributed by atoms with van der Waals surface area (Å²) < 4.78 is 5.84. The predicted octanol–water partition coefficient (Wildman–Crippen LogP) is 3.96. The van der Waals surface area contributed by atoms with Gasteiger partial charge in [-0.25, -0.2) is 0 Å². The van der Waals surface area contributed by atoms with Crippen LogP contribution >= 0.6 is 0 Å². The van der Waals surface area contributed by atoms with E-state index < -0.39 is 0 Å². The van der Waals surface area contributed by atoms with Gasteiger partial charge < -0.3 is 10.2 Å². The molecule has 0 amide bonds. The summed E-state index contributed by atoms with van der Waals surface area (Å²) in [7, 11) is 0. The summed E-state index contributed by atoms with van der Waals surface area (Å²) in [6.45, 7) is 6.38. The molecule has 2 aromatic rings. The van der Waals surface area contributed by atoms with Crippen LogP contribution in [0, 0.1) is 0 Å². The fourth-order valence-electron chi connectivity index (χ4n) is 2.01. The molecule has 1 aromatic heterocycles. The molecular weight excluding hydrogens is 222 g/mol. The van der Waals surface area contributed by atoms with Crippen LogP contribution in [0.4, 0.5) is 0 Å². The lowest BCUT2D eigenvalue weighted by molar-refractivity contribution is 0.503. The van der Waals surface area contributed by atoms with Crippen LogP contribution in [-0.2, 0) is 6.42 Å². The van der Waals surface area contributed by atoms with E-state index in [4.69, 9.17) is 10.2 Å². The van der Waals surface area contributed by atoms with Crippen molar-refractivity contribution in [3.8, 4) is 11.3 Å². The first-order chi connectivity index (χ1) is 8.56. The van der Waals surface area contributed by atoms with Crippen molar-refractivity contribution < 1.29 is 4.42 Å². The number of hydrogen-bond donors (Lipinski definition) is 1. The van der Waals surface area contributed by atoms with E-state index in [2.05, 4.69) is 38.1 Å². The smallest absolute Gasteiger partial charge is 0.134 e. The minimum Gasteiger partial charge on any atom is -0.461 e. The van der Waals surface area contributed by atoms with E-state index in [1.165, 1.54) is 5.56 Å². The van der Waals surface area contributed by atoms with E-state index in [0.29, 0.717) is 5.92 Å². The molecule has 0 saturated carbocycles. The Morgan fingerprint density at radius 3 is 2.56 bits per heavy atom. The highest BCUT2D eigenvalue weighted by molar-refractivity contribution is 5.58. The summed E-state index contributed by atoms with van der Waals surface area (Å²) in [6, 6.07) is 12.7. The molecule has 1 aromatic carbocycles. The van der Waals surface area contributed by atoms with Crippen molar-refractivity contribution in [1.29, 1.82) is 0 Å². The number of furan rings is 1. The molecule has 2 rings (SSSR count). The Hall–Kier alpha value is -1.54. The van der Waals surface area contributed by atoms with Crippen molar-refractivity contribution >= 4 is 0 Å². The van der Waals surface area contributed by atoms with E-state index in [9.17, 15) is 0 Å². The third-order valence-corrected chi connectivity index (χ3v) is 3.02. The average molecular weight is 243 g/mol. The second kappa shape index (κ2) is 5.40. The normalized spacial score (nSPS) is 12.9. The molecule has 96 valence electrons. The molecule has 0 fully saturated rings. The molecule has 2 heteroatoms. The lowest BCUT2D eigenvalue weighted by atomic mass is 10.0. The first-order valence-corrected chi connectivity index (χ1v) is 6.51.